The number of ether oxygens (including phenoxy) is 1. The molecule has 5 nitrogen and oxygen atoms in total. The first-order chi connectivity index (χ1) is 11.7. The van der Waals surface area contributed by atoms with Crippen molar-refractivity contribution in [3.05, 3.63) is 64.7 Å². The van der Waals surface area contributed by atoms with E-state index in [2.05, 4.69) is 31.6 Å². The molecule has 0 bridgehead atoms. The van der Waals surface area contributed by atoms with Gasteiger partial charge in [0.05, 0.1) is 12.7 Å². The van der Waals surface area contributed by atoms with Crippen LogP contribution in [-0.2, 0) is 5.41 Å². The second kappa shape index (κ2) is 7.38. The summed E-state index contributed by atoms with van der Waals surface area (Å²) in [5.41, 5.74) is 7.78. The van der Waals surface area contributed by atoms with Gasteiger partial charge in [-0.2, -0.15) is 0 Å². The van der Waals surface area contributed by atoms with Crippen LogP contribution >= 0.6 is 0 Å². The van der Waals surface area contributed by atoms with Crippen LogP contribution in [0.15, 0.2) is 42.5 Å². The molecule has 2 aromatic rings. The molecule has 0 aliphatic carbocycles. The third kappa shape index (κ3) is 4.59. The Kier molecular flexibility index (Phi) is 5.47. The van der Waals surface area contributed by atoms with Crippen LogP contribution in [0.25, 0.3) is 0 Å². The predicted molar refractivity (Wildman–Crippen MR) is 97.8 cm³/mol. The van der Waals surface area contributed by atoms with E-state index in [1.807, 2.05) is 25.1 Å². The second-order valence-corrected chi connectivity index (χ2v) is 6.94. The normalized spacial score (nSPS) is 10.9. The van der Waals surface area contributed by atoms with E-state index in [-0.39, 0.29) is 11.3 Å². The van der Waals surface area contributed by atoms with Gasteiger partial charge in [0.1, 0.15) is 5.75 Å². The van der Waals surface area contributed by atoms with Gasteiger partial charge in [-0.05, 0) is 42.2 Å². The minimum absolute atomic E-state index is 0.0188. The number of rotatable bonds is 3. The SMILES string of the molecule is COc1ccc(C)cc1C(=O)NNC(=O)c1ccc(C(C)(C)C)cc1. The first-order valence-electron chi connectivity index (χ1n) is 8.08. The molecular weight excluding hydrogens is 316 g/mol. The van der Waals surface area contributed by atoms with Crippen LogP contribution in [0, 0.1) is 6.92 Å². The van der Waals surface area contributed by atoms with E-state index < -0.39 is 5.91 Å². The monoisotopic (exact) mass is 340 g/mol. The average molecular weight is 340 g/mol. The molecule has 2 N–H and O–H groups in total. The van der Waals surface area contributed by atoms with Crippen molar-refractivity contribution in [2.45, 2.75) is 33.1 Å². The Morgan fingerprint density at radius 2 is 1.52 bits per heavy atom. The maximum atomic E-state index is 12.3. The van der Waals surface area contributed by atoms with E-state index in [1.54, 1.807) is 24.3 Å². The Labute approximate surface area is 148 Å². The lowest BCUT2D eigenvalue weighted by molar-refractivity contribution is 0.0845. The van der Waals surface area contributed by atoms with Crippen molar-refractivity contribution in [3.63, 3.8) is 0 Å². The Bertz CT molecular complexity index is 775. The number of aryl methyl sites for hydroxylation is 1. The lowest BCUT2D eigenvalue weighted by Gasteiger charge is -2.19. The number of carbonyl (C=O) groups excluding carboxylic acids is 2. The lowest BCUT2D eigenvalue weighted by Crippen LogP contribution is -2.41. The molecule has 2 aromatic carbocycles. The molecule has 2 amide bonds. The van der Waals surface area contributed by atoms with Gasteiger partial charge >= 0.3 is 0 Å². The smallest absolute Gasteiger partial charge is 0.273 e. The number of methoxy groups -OCH3 is 1. The molecule has 5 heteroatoms. The van der Waals surface area contributed by atoms with Crippen molar-refractivity contribution in [1.29, 1.82) is 0 Å². The third-order valence-corrected chi connectivity index (χ3v) is 3.90. The molecule has 0 atom stereocenters. The molecule has 132 valence electrons. The van der Waals surface area contributed by atoms with E-state index >= 15 is 0 Å². The molecule has 0 radical (unpaired) electrons. The van der Waals surface area contributed by atoms with Crippen LogP contribution in [-0.4, -0.2) is 18.9 Å². The van der Waals surface area contributed by atoms with Crippen molar-refractivity contribution in [2.75, 3.05) is 7.11 Å². The second-order valence-electron chi connectivity index (χ2n) is 6.94. The maximum Gasteiger partial charge on any atom is 0.273 e. The van der Waals surface area contributed by atoms with E-state index in [9.17, 15) is 9.59 Å². The molecule has 0 aliphatic heterocycles. The van der Waals surface area contributed by atoms with Gasteiger partial charge in [0.15, 0.2) is 0 Å². The highest BCUT2D eigenvalue weighted by atomic mass is 16.5. The molecule has 0 fully saturated rings. The van der Waals surface area contributed by atoms with Gasteiger partial charge in [-0.3, -0.25) is 20.4 Å². The lowest BCUT2D eigenvalue weighted by atomic mass is 9.87. The number of hydrogen-bond acceptors (Lipinski definition) is 3. The van der Waals surface area contributed by atoms with Gasteiger partial charge in [-0.25, -0.2) is 0 Å². The third-order valence-electron chi connectivity index (χ3n) is 3.90. The highest BCUT2D eigenvalue weighted by Gasteiger charge is 2.16. The minimum atomic E-state index is -0.430. The van der Waals surface area contributed by atoms with Crippen molar-refractivity contribution >= 4 is 11.8 Å². The summed E-state index contributed by atoms with van der Waals surface area (Å²) < 4.78 is 5.18. The highest BCUT2D eigenvalue weighted by Crippen LogP contribution is 2.22. The molecule has 0 spiro atoms. The zero-order chi connectivity index (χ0) is 18.6. The number of amides is 2. The first kappa shape index (κ1) is 18.5. The summed E-state index contributed by atoms with van der Waals surface area (Å²) in [5, 5.41) is 0. The van der Waals surface area contributed by atoms with Crippen LogP contribution in [0.2, 0.25) is 0 Å². The van der Waals surface area contributed by atoms with Crippen molar-refractivity contribution < 1.29 is 14.3 Å². The number of hydrazine groups is 1. The van der Waals surface area contributed by atoms with Gasteiger partial charge in [0, 0.05) is 5.56 Å². The fourth-order valence-corrected chi connectivity index (χ4v) is 2.37. The molecule has 0 unspecified atom stereocenters. The summed E-state index contributed by atoms with van der Waals surface area (Å²) in [7, 11) is 1.50. The topological polar surface area (TPSA) is 67.4 Å². The average Bonchev–Trinajstić information content (AvgIpc) is 2.58. The predicted octanol–water partition coefficient (Wildman–Crippen LogP) is 3.38. The summed E-state index contributed by atoms with van der Waals surface area (Å²) in [4.78, 5) is 24.5. The van der Waals surface area contributed by atoms with Gasteiger partial charge in [-0.15, -0.1) is 0 Å². The molecule has 0 saturated carbocycles. The maximum absolute atomic E-state index is 12.3. The van der Waals surface area contributed by atoms with Crippen molar-refractivity contribution in [3.8, 4) is 5.75 Å². The van der Waals surface area contributed by atoms with Crippen LogP contribution < -0.4 is 15.6 Å². The standard InChI is InChI=1S/C20H24N2O3/c1-13-6-11-17(25-5)16(12-13)19(24)22-21-18(23)14-7-9-15(10-8-14)20(2,3)4/h6-12H,1-5H3,(H,21,23)(H,22,24). The largest absolute Gasteiger partial charge is 0.496 e. The van der Waals surface area contributed by atoms with E-state index in [0.717, 1.165) is 11.1 Å². The highest BCUT2D eigenvalue weighted by molar-refractivity contribution is 6.00. The molecule has 0 aromatic heterocycles. The van der Waals surface area contributed by atoms with Crippen LogP contribution in [0.1, 0.15) is 52.6 Å². The minimum Gasteiger partial charge on any atom is -0.496 e. The van der Waals surface area contributed by atoms with E-state index in [1.165, 1.54) is 7.11 Å². The summed E-state index contributed by atoms with van der Waals surface area (Å²) in [6.07, 6.45) is 0. The fraction of sp³-hybridized carbons (Fsp3) is 0.300. The molecule has 0 heterocycles. The zero-order valence-corrected chi connectivity index (χ0v) is 15.3. The van der Waals surface area contributed by atoms with Gasteiger partial charge in [-0.1, -0.05) is 44.5 Å². The van der Waals surface area contributed by atoms with Crippen molar-refractivity contribution in [1.82, 2.24) is 10.9 Å². The summed E-state index contributed by atoms with van der Waals surface area (Å²) in [6, 6.07) is 12.6. The first-order valence-corrected chi connectivity index (χ1v) is 8.08. The van der Waals surface area contributed by atoms with E-state index in [4.69, 9.17) is 4.74 Å². The summed E-state index contributed by atoms with van der Waals surface area (Å²) in [6.45, 7) is 8.21. The Hall–Kier alpha value is -2.82. The summed E-state index contributed by atoms with van der Waals surface area (Å²) in [5.74, 6) is -0.354. The van der Waals surface area contributed by atoms with Crippen LogP contribution in [0.4, 0.5) is 0 Å². The van der Waals surface area contributed by atoms with E-state index in [0.29, 0.717) is 16.9 Å². The molecule has 2 rings (SSSR count). The molecular formula is C20H24N2O3. The molecule has 0 saturated heterocycles. The molecule has 0 aliphatic rings. The van der Waals surface area contributed by atoms with Gasteiger partial charge in [0.25, 0.3) is 11.8 Å². The Morgan fingerprint density at radius 3 is 2.08 bits per heavy atom. The molecule has 25 heavy (non-hydrogen) atoms. The summed E-state index contributed by atoms with van der Waals surface area (Å²) >= 11 is 0. The Morgan fingerprint density at radius 1 is 0.920 bits per heavy atom. The number of benzene rings is 2. The number of hydrogen-bond donors (Lipinski definition) is 2. The zero-order valence-electron chi connectivity index (χ0n) is 15.3. The van der Waals surface area contributed by atoms with Crippen LogP contribution in [0.5, 0.6) is 5.75 Å². The van der Waals surface area contributed by atoms with Crippen LogP contribution in [0.3, 0.4) is 0 Å². The quantitative estimate of drug-likeness (QED) is 0.842. The number of nitrogens with one attached hydrogen (secondary N) is 2. The van der Waals surface area contributed by atoms with Gasteiger partial charge < -0.3 is 4.74 Å². The number of carbonyl (C=O) groups is 2. The fourth-order valence-electron chi connectivity index (χ4n) is 2.37. The van der Waals surface area contributed by atoms with Gasteiger partial charge in [0.2, 0.25) is 0 Å². The Balaban J connectivity index is 2.05. The van der Waals surface area contributed by atoms with Crippen molar-refractivity contribution in [2.24, 2.45) is 0 Å².